The van der Waals surface area contributed by atoms with Crippen molar-refractivity contribution in [3.63, 3.8) is 0 Å². The molecule has 1 aromatic rings. The van der Waals surface area contributed by atoms with Crippen LogP contribution in [0.25, 0.3) is 0 Å². The van der Waals surface area contributed by atoms with Crippen LogP contribution in [0, 0.1) is 9.49 Å². The Hall–Kier alpha value is -0.630. The number of nitrogens with one attached hydrogen (secondary N) is 1. The second-order valence-electron chi connectivity index (χ2n) is 5.29. The van der Waals surface area contributed by atoms with Crippen LogP contribution in [0.15, 0.2) is 12.4 Å². The Balaban J connectivity index is 1.65. The Labute approximate surface area is 120 Å². The zero-order valence-corrected chi connectivity index (χ0v) is 12.5. The van der Waals surface area contributed by atoms with Crippen molar-refractivity contribution in [2.24, 2.45) is 5.92 Å². The average Bonchev–Trinajstić information content (AvgIpc) is 2.77. The van der Waals surface area contributed by atoms with E-state index in [0.29, 0.717) is 12.0 Å². The molecule has 3 aliphatic rings. The summed E-state index contributed by atoms with van der Waals surface area (Å²) in [4.78, 5) is 14.5. The second-order valence-corrected chi connectivity index (χ2v) is 6.53. The number of halogens is 1. The monoisotopic (exact) mass is 360 g/mol. The van der Waals surface area contributed by atoms with Gasteiger partial charge in [0.15, 0.2) is 0 Å². The largest absolute Gasteiger partial charge is 0.342 e. The molecule has 4 atom stereocenters. The first kappa shape index (κ1) is 12.4. The number of hydrogen-bond acceptors (Lipinski definition) is 3. The van der Waals surface area contributed by atoms with Gasteiger partial charge in [-0.15, -0.1) is 0 Å². The van der Waals surface area contributed by atoms with Crippen LogP contribution in [0.4, 0.5) is 4.79 Å². The van der Waals surface area contributed by atoms with Gasteiger partial charge in [0.2, 0.25) is 0 Å². The van der Waals surface area contributed by atoms with Crippen LogP contribution in [-0.4, -0.2) is 45.9 Å². The highest BCUT2D eigenvalue weighted by Gasteiger charge is 2.38. The van der Waals surface area contributed by atoms with Gasteiger partial charge in [-0.05, 0) is 54.8 Å². The van der Waals surface area contributed by atoms with E-state index in [1.54, 1.807) is 12.4 Å². The van der Waals surface area contributed by atoms with E-state index in [9.17, 15) is 4.79 Å². The summed E-state index contributed by atoms with van der Waals surface area (Å²) in [5, 5.41) is 7.16. The summed E-state index contributed by atoms with van der Waals surface area (Å²) in [6.45, 7) is 4.44. The lowest BCUT2D eigenvalue weighted by Crippen LogP contribution is -2.60. The van der Waals surface area contributed by atoms with Gasteiger partial charge < -0.3 is 5.32 Å². The molecule has 4 heterocycles. The van der Waals surface area contributed by atoms with Crippen molar-refractivity contribution in [1.29, 1.82) is 0 Å². The van der Waals surface area contributed by atoms with Crippen molar-refractivity contribution in [3.8, 4) is 0 Å². The van der Waals surface area contributed by atoms with Crippen molar-refractivity contribution in [2.75, 3.05) is 13.1 Å². The number of rotatable bonds is 1. The number of fused-ring (bicyclic) bond motifs is 3. The number of piperidine rings is 3. The number of carbonyl (C=O) groups excluding carboxylic acids is 1. The van der Waals surface area contributed by atoms with E-state index in [2.05, 4.69) is 44.8 Å². The molecule has 3 aliphatic heterocycles. The van der Waals surface area contributed by atoms with E-state index >= 15 is 0 Å². The predicted octanol–water partition coefficient (Wildman–Crippen LogP) is 1.53. The first-order valence-electron chi connectivity index (χ1n) is 6.38. The molecule has 0 aliphatic carbocycles. The van der Waals surface area contributed by atoms with E-state index in [-0.39, 0.29) is 12.1 Å². The smallest absolute Gasteiger partial charge is 0.332 e. The van der Waals surface area contributed by atoms with E-state index in [4.69, 9.17) is 0 Å². The molecule has 6 heteroatoms. The topological polar surface area (TPSA) is 50.2 Å². The molecule has 4 rings (SSSR count). The standard InChI is InChI=1S/C12H17IN4O/c1-8-4-9-2-3-16(8)7-11(9)15-12(18)17-6-10(13)5-14-17/h5-6,8-9,11H,2-4,7H2,1H3,(H,15,18)/t8?,9?,11-/m0/s1. The highest BCUT2D eigenvalue weighted by atomic mass is 127. The summed E-state index contributed by atoms with van der Waals surface area (Å²) in [6, 6.07) is 0.844. The van der Waals surface area contributed by atoms with Gasteiger partial charge in [-0.1, -0.05) is 0 Å². The van der Waals surface area contributed by atoms with Crippen molar-refractivity contribution in [3.05, 3.63) is 16.0 Å². The van der Waals surface area contributed by atoms with Crippen LogP contribution < -0.4 is 5.32 Å². The maximum Gasteiger partial charge on any atom is 0.342 e. The molecule has 0 radical (unpaired) electrons. The first-order chi connectivity index (χ1) is 8.63. The van der Waals surface area contributed by atoms with Gasteiger partial charge in [0.05, 0.1) is 9.77 Å². The minimum absolute atomic E-state index is 0.107. The Morgan fingerprint density at radius 2 is 2.44 bits per heavy atom. The quantitative estimate of drug-likeness (QED) is 0.773. The number of carbonyl (C=O) groups is 1. The molecule has 3 unspecified atom stereocenters. The molecular formula is C12H17IN4O. The normalized spacial score (nSPS) is 34.6. The first-order valence-corrected chi connectivity index (χ1v) is 7.46. The number of aromatic nitrogens is 2. The molecule has 18 heavy (non-hydrogen) atoms. The van der Waals surface area contributed by atoms with Crippen molar-refractivity contribution in [1.82, 2.24) is 20.0 Å². The van der Waals surface area contributed by atoms with Gasteiger partial charge in [0.25, 0.3) is 0 Å². The fraction of sp³-hybridized carbons (Fsp3) is 0.667. The molecule has 1 N–H and O–H groups in total. The van der Waals surface area contributed by atoms with Crippen LogP contribution in [0.1, 0.15) is 19.8 Å². The lowest BCUT2D eigenvalue weighted by atomic mass is 9.80. The minimum atomic E-state index is -0.107. The summed E-state index contributed by atoms with van der Waals surface area (Å²) in [7, 11) is 0. The molecule has 0 saturated carbocycles. The van der Waals surface area contributed by atoms with Gasteiger partial charge in [0.1, 0.15) is 0 Å². The van der Waals surface area contributed by atoms with Crippen molar-refractivity contribution in [2.45, 2.75) is 31.8 Å². The molecular weight excluding hydrogens is 343 g/mol. The molecule has 1 aromatic heterocycles. The molecule has 2 bridgehead atoms. The highest BCUT2D eigenvalue weighted by Crippen LogP contribution is 2.31. The Morgan fingerprint density at radius 3 is 3.00 bits per heavy atom. The van der Waals surface area contributed by atoms with Gasteiger partial charge >= 0.3 is 6.03 Å². The maximum atomic E-state index is 12.1. The Morgan fingerprint density at radius 1 is 1.61 bits per heavy atom. The highest BCUT2D eigenvalue weighted by molar-refractivity contribution is 14.1. The van der Waals surface area contributed by atoms with E-state index in [1.165, 1.54) is 24.1 Å². The molecule has 0 spiro atoms. The third-order valence-corrected chi connectivity index (χ3v) is 4.68. The summed E-state index contributed by atoms with van der Waals surface area (Å²) in [6.07, 6.45) is 5.84. The molecule has 0 aromatic carbocycles. The number of nitrogens with zero attached hydrogens (tertiary/aromatic N) is 3. The van der Waals surface area contributed by atoms with Crippen LogP contribution in [0.5, 0.6) is 0 Å². The van der Waals surface area contributed by atoms with E-state index in [0.717, 1.165) is 10.1 Å². The zero-order chi connectivity index (χ0) is 12.7. The number of amides is 1. The second kappa shape index (κ2) is 4.80. The zero-order valence-electron chi connectivity index (χ0n) is 10.3. The molecule has 1 amide bonds. The lowest BCUT2D eigenvalue weighted by molar-refractivity contribution is 0.0321. The summed E-state index contributed by atoms with van der Waals surface area (Å²) in [5.74, 6) is 0.628. The van der Waals surface area contributed by atoms with Crippen LogP contribution in [0.2, 0.25) is 0 Å². The van der Waals surface area contributed by atoms with Crippen LogP contribution in [-0.2, 0) is 0 Å². The van der Waals surface area contributed by atoms with Gasteiger partial charge in [-0.2, -0.15) is 9.78 Å². The van der Waals surface area contributed by atoms with Crippen LogP contribution in [0.3, 0.4) is 0 Å². The summed E-state index contributed by atoms with van der Waals surface area (Å²) in [5.41, 5.74) is 0. The van der Waals surface area contributed by atoms with E-state index < -0.39 is 0 Å². The molecule has 3 saturated heterocycles. The van der Waals surface area contributed by atoms with Crippen LogP contribution >= 0.6 is 22.6 Å². The molecule has 5 nitrogen and oxygen atoms in total. The molecule has 3 fully saturated rings. The average molecular weight is 360 g/mol. The van der Waals surface area contributed by atoms with Crippen molar-refractivity contribution >= 4 is 28.6 Å². The maximum absolute atomic E-state index is 12.1. The number of hydrogen-bond donors (Lipinski definition) is 1. The van der Waals surface area contributed by atoms with Gasteiger partial charge in [0, 0.05) is 24.8 Å². The van der Waals surface area contributed by atoms with Gasteiger partial charge in [-0.3, -0.25) is 4.90 Å². The lowest BCUT2D eigenvalue weighted by Gasteiger charge is -2.48. The Kier molecular flexibility index (Phi) is 3.31. The minimum Gasteiger partial charge on any atom is -0.332 e. The Bertz CT molecular complexity index is 461. The summed E-state index contributed by atoms with van der Waals surface area (Å²) < 4.78 is 2.37. The van der Waals surface area contributed by atoms with Gasteiger partial charge in [-0.25, -0.2) is 4.79 Å². The van der Waals surface area contributed by atoms with E-state index in [1.807, 2.05) is 0 Å². The SMILES string of the molecule is CC1CC2CCN1C[C@@H]2NC(=O)n1cc(I)cn1. The van der Waals surface area contributed by atoms with Crippen molar-refractivity contribution < 1.29 is 4.79 Å². The third kappa shape index (κ3) is 2.27. The predicted molar refractivity (Wildman–Crippen MR) is 76.4 cm³/mol. The third-order valence-electron chi connectivity index (χ3n) is 4.12. The fourth-order valence-electron chi connectivity index (χ4n) is 3.10. The summed E-state index contributed by atoms with van der Waals surface area (Å²) >= 11 is 2.15. The fourth-order valence-corrected chi connectivity index (χ4v) is 3.48. The molecule has 98 valence electrons.